The van der Waals surface area contributed by atoms with E-state index >= 15 is 0 Å². The lowest BCUT2D eigenvalue weighted by atomic mass is 9.68. The van der Waals surface area contributed by atoms with Gasteiger partial charge < -0.3 is 9.84 Å². The zero-order valence-electron chi connectivity index (χ0n) is 10.9. The number of carbonyl (C=O) groups excluding carboxylic acids is 1. The van der Waals surface area contributed by atoms with Gasteiger partial charge in [0.05, 0.1) is 12.1 Å². The summed E-state index contributed by atoms with van der Waals surface area (Å²) in [6.07, 6.45) is 2.71. The van der Waals surface area contributed by atoms with Crippen molar-refractivity contribution < 1.29 is 14.6 Å². The van der Waals surface area contributed by atoms with Crippen molar-refractivity contribution in [3.8, 4) is 0 Å². The monoisotopic (exact) mass is 261 g/mol. The second-order valence-electron chi connectivity index (χ2n) is 5.48. The molecule has 1 saturated heterocycles. The lowest BCUT2D eigenvalue weighted by Crippen LogP contribution is -2.58. The second-order valence-corrected chi connectivity index (χ2v) is 5.48. The topological polar surface area (TPSA) is 49.8 Å². The summed E-state index contributed by atoms with van der Waals surface area (Å²) in [4.78, 5) is 13.9. The van der Waals surface area contributed by atoms with Gasteiger partial charge in [-0.25, -0.2) is 4.79 Å². The fourth-order valence-electron chi connectivity index (χ4n) is 3.32. The molecule has 19 heavy (non-hydrogen) atoms. The summed E-state index contributed by atoms with van der Waals surface area (Å²) in [6, 6.07) is 9.66. The molecule has 1 aliphatic carbocycles. The largest absolute Gasteiger partial charge is 0.445 e. The Kier molecular flexibility index (Phi) is 3.19. The molecule has 1 aliphatic heterocycles. The van der Waals surface area contributed by atoms with Crippen LogP contribution in [0.3, 0.4) is 0 Å². The minimum Gasteiger partial charge on any atom is -0.445 e. The molecule has 0 radical (unpaired) electrons. The van der Waals surface area contributed by atoms with Gasteiger partial charge in [-0.3, -0.25) is 4.90 Å². The highest BCUT2D eigenvalue weighted by molar-refractivity contribution is 5.69. The van der Waals surface area contributed by atoms with Crippen LogP contribution in [0.25, 0.3) is 0 Å². The third-order valence-electron chi connectivity index (χ3n) is 4.62. The summed E-state index contributed by atoms with van der Waals surface area (Å²) >= 11 is 0. The third kappa shape index (κ3) is 2.00. The highest BCUT2D eigenvalue weighted by Gasteiger charge is 2.56. The Morgan fingerprint density at radius 3 is 2.79 bits per heavy atom. The Hall–Kier alpha value is -1.55. The van der Waals surface area contributed by atoms with Gasteiger partial charge in [0.25, 0.3) is 0 Å². The molecule has 4 nitrogen and oxygen atoms in total. The Bertz CT molecular complexity index is 458. The number of likely N-dealkylation sites (tertiary alicyclic amines) is 1. The molecule has 0 spiro atoms. The number of amides is 1. The first-order valence-corrected chi connectivity index (χ1v) is 6.85. The van der Waals surface area contributed by atoms with E-state index in [2.05, 4.69) is 0 Å². The maximum atomic E-state index is 12.2. The van der Waals surface area contributed by atoms with Gasteiger partial charge in [0.2, 0.25) is 0 Å². The fourth-order valence-corrected chi connectivity index (χ4v) is 3.32. The molecule has 2 unspecified atom stereocenters. The first-order valence-electron chi connectivity index (χ1n) is 6.85. The third-order valence-corrected chi connectivity index (χ3v) is 4.62. The van der Waals surface area contributed by atoms with Gasteiger partial charge in [0.15, 0.2) is 0 Å². The summed E-state index contributed by atoms with van der Waals surface area (Å²) in [7, 11) is 0. The zero-order valence-corrected chi connectivity index (χ0v) is 10.9. The number of rotatable bonds is 3. The molecular formula is C15H19NO3. The van der Waals surface area contributed by atoms with E-state index in [4.69, 9.17) is 4.74 Å². The number of aliphatic hydroxyl groups excluding tert-OH is 1. The highest BCUT2D eigenvalue weighted by atomic mass is 16.6. The van der Waals surface area contributed by atoms with Crippen LogP contribution in [0.1, 0.15) is 24.8 Å². The first-order chi connectivity index (χ1) is 9.26. The number of fused-ring (bicyclic) bond motifs is 1. The quantitative estimate of drug-likeness (QED) is 0.907. The van der Waals surface area contributed by atoms with Crippen LogP contribution in [-0.2, 0) is 11.3 Å². The van der Waals surface area contributed by atoms with E-state index in [0.29, 0.717) is 19.1 Å². The number of aliphatic hydroxyl groups is 1. The first kappa shape index (κ1) is 12.5. The van der Waals surface area contributed by atoms with E-state index in [1.807, 2.05) is 30.3 Å². The van der Waals surface area contributed by atoms with E-state index in [0.717, 1.165) is 24.8 Å². The number of hydrogen-bond donors (Lipinski definition) is 1. The Balaban J connectivity index is 1.62. The number of hydrogen-bond acceptors (Lipinski definition) is 3. The summed E-state index contributed by atoms with van der Waals surface area (Å²) in [6.45, 7) is 1.05. The van der Waals surface area contributed by atoms with Crippen LogP contribution < -0.4 is 0 Å². The normalized spacial score (nSPS) is 28.7. The molecule has 4 heteroatoms. The molecule has 1 saturated carbocycles. The molecule has 1 heterocycles. The van der Waals surface area contributed by atoms with Crippen LogP contribution >= 0.6 is 0 Å². The summed E-state index contributed by atoms with van der Waals surface area (Å²) < 4.78 is 5.37. The van der Waals surface area contributed by atoms with Crippen LogP contribution in [0, 0.1) is 5.92 Å². The van der Waals surface area contributed by atoms with E-state index < -0.39 is 0 Å². The minimum absolute atomic E-state index is 0.0537. The molecule has 2 fully saturated rings. The summed E-state index contributed by atoms with van der Waals surface area (Å²) in [5.74, 6) is 0.460. The van der Waals surface area contributed by atoms with Crippen molar-refractivity contribution in [2.45, 2.75) is 31.4 Å². The van der Waals surface area contributed by atoms with Gasteiger partial charge in [-0.05, 0) is 30.7 Å². The van der Waals surface area contributed by atoms with Crippen molar-refractivity contribution in [1.29, 1.82) is 0 Å². The molecule has 1 aromatic carbocycles. The minimum atomic E-state index is -0.326. The molecule has 1 amide bonds. The molecule has 1 aromatic rings. The van der Waals surface area contributed by atoms with Crippen molar-refractivity contribution in [1.82, 2.24) is 4.90 Å². The average Bonchev–Trinajstić information content (AvgIpc) is 2.69. The average molecular weight is 261 g/mol. The van der Waals surface area contributed by atoms with Crippen LogP contribution in [-0.4, -0.2) is 34.8 Å². The Morgan fingerprint density at radius 1 is 1.37 bits per heavy atom. The zero-order chi connectivity index (χ0) is 13.3. The Morgan fingerprint density at radius 2 is 2.16 bits per heavy atom. The van der Waals surface area contributed by atoms with Crippen molar-refractivity contribution in [3.05, 3.63) is 35.9 Å². The maximum Gasteiger partial charge on any atom is 0.410 e. The van der Waals surface area contributed by atoms with E-state index in [9.17, 15) is 9.90 Å². The smallest absolute Gasteiger partial charge is 0.410 e. The van der Waals surface area contributed by atoms with Crippen molar-refractivity contribution in [2.24, 2.45) is 5.92 Å². The lowest BCUT2D eigenvalue weighted by Gasteiger charge is -2.48. The van der Waals surface area contributed by atoms with E-state index in [1.165, 1.54) is 0 Å². The number of nitrogens with zero attached hydrogens (tertiary/aromatic N) is 1. The van der Waals surface area contributed by atoms with E-state index in [1.54, 1.807) is 4.90 Å². The van der Waals surface area contributed by atoms with Crippen LogP contribution in [0.4, 0.5) is 4.79 Å². The molecule has 3 rings (SSSR count). The number of ether oxygens (including phenoxy) is 1. The van der Waals surface area contributed by atoms with Gasteiger partial charge in [-0.1, -0.05) is 30.3 Å². The highest BCUT2D eigenvalue weighted by Crippen LogP contribution is 2.50. The predicted octanol–water partition coefficient (Wildman–Crippen LogP) is 2.17. The molecular weight excluding hydrogens is 242 g/mol. The van der Waals surface area contributed by atoms with Gasteiger partial charge in [-0.2, -0.15) is 0 Å². The van der Waals surface area contributed by atoms with Gasteiger partial charge >= 0.3 is 6.09 Å². The molecule has 0 bridgehead atoms. The molecule has 0 aromatic heterocycles. The van der Waals surface area contributed by atoms with Crippen LogP contribution in [0.15, 0.2) is 30.3 Å². The summed E-state index contributed by atoms with van der Waals surface area (Å²) in [5.41, 5.74) is 0.659. The van der Waals surface area contributed by atoms with E-state index in [-0.39, 0.29) is 18.2 Å². The number of benzene rings is 1. The van der Waals surface area contributed by atoms with Crippen molar-refractivity contribution in [2.75, 3.05) is 13.2 Å². The predicted molar refractivity (Wildman–Crippen MR) is 70.5 cm³/mol. The molecule has 102 valence electrons. The Labute approximate surface area is 113 Å². The molecule has 2 atom stereocenters. The lowest BCUT2D eigenvalue weighted by molar-refractivity contribution is -0.0288. The van der Waals surface area contributed by atoms with Crippen LogP contribution in [0.2, 0.25) is 0 Å². The SMILES string of the molecule is O=C(OCc1ccccc1)N1CCC2CCC21CO. The summed E-state index contributed by atoms with van der Waals surface area (Å²) in [5, 5.41) is 9.60. The molecule has 1 N–H and O–H groups in total. The van der Waals surface area contributed by atoms with Gasteiger partial charge in [0.1, 0.15) is 6.61 Å². The van der Waals surface area contributed by atoms with Gasteiger partial charge in [-0.15, -0.1) is 0 Å². The van der Waals surface area contributed by atoms with Gasteiger partial charge in [0, 0.05) is 6.54 Å². The standard InChI is InChI=1S/C15H19NO3/c17-11-15-8-6-13(15)7-9-16(15)14(18)19-10-12-4-2-1-3-5-12/h1-5,13,17H,6-11H2. The van der Waals surface area contributed by atoms with Crippen molar-refractivity contribution >= 4 is 6.09 Å². The van der Waals surface area contributed by atoms with Crippen LogP contribution in [0.5, 0.6) is 0 Å². The number of carbonyl (C=O) groups is 1. The van der Waals surface area contributed by atoms with Crippen molar-refractivity contribution in [3.63, 3.8) is 0 Å². The fraction of sp³-hybridized carbons (Fsp3) is 0.533. The molecule has 2 aliphatic rings. The maximum absolute atomic E-state index is 12.2. The second kappa shape index (κ2) is 4.85.